The molecule has 2 aliphatic rings. The van der Waals surface area contributed by atoms with Crippen molar-refractivity contribution in [1.29, 1.82) is 0 Å². The summed E-state index contributed by atoms with van der Waals surface area (Å²) >= 11 is 0. The third-order valence-electron chi connectivity index (χ3n) is 4.51. The minimum Gasteiger partial charge on any atom is -0.488 e. The number of nitrogens with one attached hydrogen (secondary N) is 1. The lowest BCUT2D eigenvalue weighted by molar-refractivity contribution is 0.111. The lowest BCUT2D eigenvalue weighted by Crippen LogP contribution is -2.43. The van der Waals surface area contributed by atoms with Crippen LogP contribution in [-0.2, 0) is 6.42 Å². The Hall–Kier alpha value is -1.06. The fourth-order valence-corrected chi connectivity index (χ4v) is 3.61. The number of piperidine rings is 1. The van der Waals surface area contributed by atoms with Crippen molar-refractivity contribution >= 4 is 0 Å². The Kier molecular flexibility index (Phi) is 4.27. The molecule has 0 saturated carbocycles. The van der Waals surface area contributed by atoms with Crippen molar-refractivity contribution in [2.75, 3.05) is 33.2 Å². The second-order valence-corrected chi connectivity index (χ2v) is 6.38. The van der Waals surface area contributed by atoms with E-state index in [9.17, 15) is 0 Å². The van der Waals surface area contributed by atoms with Crippen LogP contribution in [0.3, 0.4) is 0 Å². The summed E-state index contributed by atoms with van der Waals surface area (Å²) in [6.07, 6.45) is 4.11. The summed E-state index contributed by atoms with van der Waals surface area (Å²) in [5.41, 5.74) is 2.72. The number of rotatable bonds is 4. The highest BCUT2D eigenvalue weighted by atomic mass is 16.5. The van der Waals surface area contributed by atoms with Crippen LogP contribution in [0.4, 0.5) is 0 Å². The molecule has 3 heteroatoms. The SMILES string of the molecule is CNCC1CCCN(CC2Cc3cc(C)ccc3O2)C1. The molecule has 2 aliphatic heterocycles. The number of likely N-dealkylation sites (tertiary alicyclic amines) is 1. The second-order valence-electron chi connectivity index (χ2n) is 6.38. The zero-order valence-corrected chi connectivity index (χ0v) is 12.7. The summed E-state index contributed by atoms with van der Waals surface area (Å²) in [6, 6.07) is 6.55. The molecule has 0 aliphatic carbocycles. The molecule has 2 atom stereocenters. The van der Waals surface area contributed by atoms with Crippen LogP contribution in [0.25, 0.3) is 0 Å². The first-order valence-electron chi connectivity index (χ1n) is 7.87. The van der Waals surface area contributed by atoms with Gasteiger partial charge >= 0.3 is 0 Å². The lowest BCUT2D eigenvalue weighted by Gasteiger charge is -2.33. The highest BCUT2D eigenvalue weighted by molar-refractivity contribution is 5.40. The van der Waals surface area contributed by atoms with Crippen molar-refractivity contribution < 1.29 is 4.74 Å². The van der Waals surface area contributed by atoms with E-state index in [1.165, 1.54) is 37.1 Å². The fourth-order valence-electron chi connectivity index (χ4n) is 3.61. The zero-order chi connectivity index (χ0) is 13.9. The molecular weight excluding hydrogens is 248 g/mol. The van der Waals surface area contributed by atoms with Gasteiger partial charge in [-0.25, -0.2) is 0 Å². The van der Waals surface area contributed by atoms with Gasteiger partial charge in [-0.2, -0.15) is 0 Å². The van der Waals surface area contributed by atoms with E-state index in [4.69, 9.17) is 4.74 Å². The average molecular weight is 274 g/mol. The van der Waals surface area contributed by atoms with E-state index in [-0.39, 0.29) is 0 Å². The predicted molar refractivity (Wildman–Crippen MR) is 82.4 cm³/mol. The monoisotopic (exact) mass is 274 g/mol. The molecule has 3 rings (SSSR count). The lowest BCUT2D eigenvalue weighted by atomic mass is 9.97. The number of aryl methyl sites for hydroxylation is 1. The van der Waals surface area contributed by atoms with E-state index in [2.05, 4.69) is 42.4 Å². The maximum Gasteiger partial charge on any atom is 0.123 e. The highest BCUT2D eigenvalue weighted by Gasteiger charge is 2.27. The standard InChI is InChI=1S/C17H26N2O/c1-13-5-6-17-15(8-13)9-16(20-17)12-19-7-3-4-14(11-19)10-18-2/h5-6,8,14,16,18H,3-4,7,9-12H2,1-2H3. The summed E-state index contributed by atoms with van der Waals surface area (Å²) in [7, 11) is 2.05. The molecule has 110 valence electrons. The van der Waals surface area contributed by atoms with Crippen LogP contribution in [0.15, 0.2) is 18.2 Å². The van der Waals surface area contributed by atoms with Gasteiger partial charge in [0.15, 0.2) is 0 Å². The summed E-state index contributed by atoms with van der Waals surface area (Å²) in [4.78, 5) is 2.59. The van der Waals surface area contributed by atoms with Crippen LogP contribution >= 0.6 is 0 Å². The van der Waals surface area contributed by atoms with Gasteiger partial charge < -0.3 is 10.1 Å². The molecule has 1 N–H and O–H groups in total. The van der Waals surface area contributed by atoms with Crippen molar-refractivity contribution in [2.45, 2.75) is 32.3 Å². The summed E-state index contributed by atoms with van der Waals surface area (Å²) in [5.74, 6) is 1.91. The number of fused-ring (bicyclic) bond motifs is 1. The van der Waals surface area contributed by atoms with Gasteiger partial charge in [0, 0.05) is 19.5 Å². The van der Waals surface area contributed by atoms with Gasteiger partial charge in [-0.1, -0.05) is 17.7 Å². The third kappa shape index (κ3) is 3.15. The van der Waals surface area contributed by atoms with Gasteiger partial charge in [0.05, 0.1) is 0 Å². The largest absolute Gasteiger partial charge is 0.488 e. The molecule has 1 aromatic rings. The molecular formula is C17H26N2O. The van der Waals surface area contributed by atoms with Crippen molar-refractivity contribution in [1.82, 2.24) is 10.2 Å². The van der Waals surface area contributed by atoms with Gasteiger partial charge in [0.2, 0.25) is 0 Å². The van der Waals surface area contributed by atoms with E-state index in [0.29, 0.717) is 6.10 Å². The van der Waals surface area contributed by atoms with E-state index >= 15 is 0 Å². The normalized spacial score (nSPS) is 26.3. The predicted octanol–water partition coefficient (Wildman–Crippen LogP) is 2.23. The summed E-state index contributed by atoms with van der Waals surface area (Å²) < 4.78 is 6.10. The Morgan fingerprint density at radius 1 is 1.40 bits per heavy atom. The molecule has 0 radical (unpaired) electrons. The third-order valence-corrected chi connectivity index (χ3v) is 4.51. The zero-order valence-electron chi connectivity index (χ0n) is 12.7. The van der Waals surface area contributed by atoms with Crippen LogP contribution in [0.5, 0.6) is 5.75 Å². The van der Waals surface area contributed by atoms with E-state index in [0.717, 1.165) is 31.2 Å². The Bertz CT molecular complexity index is 458. The first-order valence-corrected chi connectivity index (χ1v) is 7.87. The molecule has 1 aromatic carbocycles. The average Bonchev–Trinajstić information content (AvgIpc) is 2.81. The minimum absolute atomic E-state index is 0.347. The molecule has 0 amide bonds. The molecule has 2 heterocycles. The molecule has 20 heavy (non-hydrogen) atoms. The molecule has 0 bridgehead atoms. The van der Waals surface area contributed by atoms with Crippen molar-refractivity contribution in [2.24, 2.45) is 5.92 Å². The molecule has 1 fully saturated rings. The highest BCUT2D eigenvalue weighted by Crippen LogP contribution is 2.30. The van der Waals surface area contributed by atoms with Crippen molar-refractivity contribution in [3.63, 3.8) is 0 Å². The number of ether oxygens (including phenoxy) is 1. The molecule has 2 unspecified atom stereocenters. The Morgan fingerprint density at radius 3 is 3.15 bits per heavy atom. The van der Waals surface area contributed by atoms with E-state index in [1.54, 1.807) is 0 Å². The van der Waals surface area contributed by atoms with Gasteiger partial charge in [-0.05, 0) is 57.5 Å². The van der Waals surface area contributed by atoms with Crippen molar-refractivity contribution in [3.05, 3.63) is 29.3 Å². The van der Waals surface area contributed by atoms with Gasteiger partial charge in [0.1, 0.15) is 11.9 Å². The van der Waals surface area contributed by atoms with E-state index < -0.39 is 0 Å². The van der Waals surface area contributed by atoms with Gasteiger partial charge in [-0.15, -0.1) is 0 Å². The maximum absolute atomic E-state index is 6.10. The first kappa shape index (κ1) is 13.9. The Balaban J connectivity index is 1.55. The second kappa shape index (κ2) is 6.15. The van der Waals surface area contributed by atoms with Crippen LogP contribution in [0.1, 0.15) is 24.0 Å². The number of hydrogen-bond acceptors (Lipinski definition) is 3. The Labute approximate surface area is 122 Å². The van der Waals surface area contributed by atoms with Crippen LogP contribution in [-0.4, -0.2) is 44.2 Å². The van der Waals surface area contributed by atoms with Gasteiger partial charge in [-0.3, -0.25) is 4.90 Å². The summed E-state index contributed by atoms with van der Waals surface area (Å²) in [6.45, 7) is 6.82. The van der Waals surface area contributed by atoms with E-state index in [1.807, 2.05) is 0 Å². The maximum atomic E-state index is 6.10. The smallest absolute Gasteiger partial charge is 0.123 e. The van der Waals surface area contributed by atoms with Crippen molar-refractivity contribution in [3.8, 4) is 5.75 Å². The number of benzene rings is 1. The first-order chi connectivity index (χ1) is 9.74. The van der Waals surface area contributed by atoms with Crippen LogP contribution in [0, 0.1) is 12.8 Å². The van der Waals surface area contributed by atoms with Crippen LogP contribution < -0.4 is 10.1 Å². The topological polar surface area (TPSA) is 24.5 Å². The molecule has 1 saturated heterocycles. The number of nitrogens with zero attached hydrogens (tertiary/aromatic N) is 1. The summed E-state index contributed by atoms with van der Waals surface area (Å²) in [5, 5.41) is 3.31. The number of hydrogen-bond donors (Lipinski definition) is 1. The molecule has 3 nitrogen and oxygen atoms in total. The molecule has 0 aromatic heterocycles. The Morgan fingerprint density at radius 2 is 2.30 bits per heavy atom. The van der Waals surface area contributed by atoms with Gasteiger partial charge in [0.25, 0.3) is 0 Å². The minimum atomic E-state index is 0.347. The fraction of sp³-hybridized carbons (Fsp3) is 0.647. The van der Waals surface area contributed by atoms with Crippen LogP contribution in [0.2, 0.25) is 0 Å². The quantitative estimate of drug-likeness (QED) is 0.911. The molecule has 0 spiro atoms.